The molecule has 5 atom stereocenters. The van der Waals surface area contributed by atoms with Crippen LogP contribution in [0.2, 0.25) is 0 Å². The van der Waals surface area contributed by atoms with Crippen molar-refractivity contribution in [3.05, 3.63) is 90.6 Å². The van der Waals surface area contributed by atoms with Crippen molar-refractivity contribution in [3.8, 4) is 0 Å². The van der Waals surface area contributed by atoms with E-state index in [1.807, 2.05) is 30.5 Å². The van der Waals surface area contributed by atoms with Gasteiger partial charge < -0.3 is 22.0 Å². The molecule has 3 nitrogen and oxygen atoms in total. The number of benzene rings is 2. The predicted octanol–water partition coefficient (Wildman–Crippen LogP) is 1.88. The number of piperidine rings is 3. The van der Waals surface area contributed by atoms with Crippen LogP contribution in [0.5, 0.6) is 0 Å². The molecule has 2 unspecified atom stereocenters. The van der Waals surface area contributed by atoms with E-state index >= 15 is 0 Å². The lowest BCUT2D eigenvalue weighted by atomic mass is 9.71. The van der Waals surface area contributed by atoms with Crippen LogP contribution in [-0.2, 0) is 6.54 Å². The summed E-state index contributed by atoms with van der Waals surface area (Å²) in [4.78, 5) is 4.50. The molecule has 30 heavy (non-hydrogen) atoms. The van der Waals surface area contributed by atoms with Gasteiger partial charge in [0.1, 0.15) is 18.7 Å². The Morgan fingerprint density at radius 1 is 1.10 bits per heavy atom. The van der Waals surface area contributed by atoms with Crippen molar-refractivity contribution in [2.24, 2.45) is 11.8 Å². The lowest BCUT2D eigenvalue weighted by Gasteiger charge is -2.58. The summed E-state index contributed by atoms with van der Waals surface area (Å²) in [6, 6.07) is 21.2. The first kappa shape index (κ1) is 21.0. The second kappa shape index (κ2) is 8.50. The van der Waals surface area contributed by atoms with Crippen LogP contribution in [0, 0.1) is 11.8 Å². The smallest absolute Gasteiger partial charge is 0.131 e. The van der Waals surface area contributed by atoms with Gasteiger partial charge in [-0.3, -0.25) is 4.98 Å². The Bertz CT molecular complexity index is 1020. The summed E-state index contributed by atoms with van der Waals surface area (Å²) in [5, 5.41) is 12.8. The summed E-state index contributed by atoms with van der Waals surface area (Å²) in [5.41, 5.74) is 3.33. The standard InChI is InChI=1S/C26H29N2O.ClH/c1-2-20-18-28(17-19-8-4-3-5-9-19)15-13-21(20)16-25(28)26(29)23-12-14-27-24-11-7-6-10-22(23)24;/h2-12,14,20-21,25-26,29H,1,13,15-18H2;1H/q+1;/p-1/t20-,21?,25-,26+,28?;/m0./s1. The molecule has 3 aliphatic heterocycles. The molecule has 0 spiro atoms. The number of nitrogens with zero attached hydrogens (tertiary/aromatic N) is 2. The number of rotatable bonds is 5. The van der Waals surface area contributed by atoms with Gasteiger partial charge in [-0.2, -0.15) is 0 Å². The number of halogens is 1. The molecule has 0 saturated carbocycles. The van der Waals surface area contributed by atoms with Crippen molar-refractivity contribution in [2.45, 2.75) is 31.5 Å². The Morgan fingerprint density at radius 3 is 2.67 bits per heavy atom. The Labute approximate surface area is 185 Å². The summed E-state index contributed by atoms with van der Waals surface area (Å²) >= 11 is 0. The van der Waals surface area contributed by atoms with Gasteiger partial charge in [0.15, 0.2) is 0 Å². The topological polar surface area (TPSA) is 33.1 Å². The maximum absolute atomic E-state index is 11.7. The molecule has 4 heterocycles. The first-order chi connectivity index (χ1) is 14.2. The van der Waals surface area contributed by atoms with Gasteiger partial charge >= 0.3 is 0 Å². The number of hydrogen-bond donors (Lipinski definition) is 1. The van der Waals surface area contributed by atoms with E-state index in [1.54, 1.807) is 0 Å². The SMILES string of the molecule is C=C[C@H]1C[N+]2(Cc3ccccc3)CCC1C[C@H]2[C@H](O)c1ccnc2ccccc12.[Cl-]. The van der Waals surface area contributed by atoms with Crippen LogP contribution < -0.4 is 12.4 Å². The molecule has 1 aromatic heterocycles. The Hall–Kier alpha value is -2.20. The van der Waals surface area contributed by atoms with E-state index in [1.165, 1.54) is 12.0 Å². The molecule has 0 radical (unpaired) electrons. The number of aromatic nitrogens is 1. The van der Waals surface area contributed by atoms with E-state index in [0.717, 1.165) is 47.0 Å². The molecule has 3 saturated heterocycles. The minimum Gasteiger partial charge on any atom is -1.00 e. The summed E-state index contributed by atoms with van der Waals surface area (Å²) < 4.78 is 0.953. The number of hydrogen-bond acceptors (Lipinski definition) is 2. The fraction of sp³-hybridized carbons (Fsp3) is 0.346. The van der Waals surface area contributed by atoms with Gasteiger partial charge in [-0.15, -0.1) is 6.58 Å². The molecule has 0 aliphatic carbocycles. The van der Waals surface area contributed by atoms with Gasteiger partial charge in [-0.25, -0.2) is 0 Å². The maximum Gasteiger partial charge on any atom is 0.131 e. The van der Waals surface area contributed by atoms with Crippen molar-refractivity contribution in [1.29, 1.82) is 0 Å². The van der Waals surface area contributed by atoms with E-state index in [-0.39, 0.29) is 18.4 Å². The second-order valence-corrected chi connectivity index (χ2v) is 8.88. The summed E-state index contributed by atoms with van der Waals surface area (Å²) in [6.07, 6.45) is 5.79. The molecule has 3 aliphatic rings. The van der Waals surface area contributed by atoms with Gasteiger partial charge in [0.05, 0.1) is 18.6 Å². The largest absolute Gasteiger partial charge is 1.00 e. The van der Waals surface area contributed by atoms with Crippen molar-refractivity contribution in [2.75, 3.05) is 13.1 Å². The highest BCUT2D eigenvalue weighted by Gasteiger charge is 2.53. The summed E-state index contributed by atoms with van der Waals surface area (Å²) in [6.45, 7) is 7.32. The molecule has 156 valence electrons. The van der Waals surface area contributed by atoms with Gasteiger partial charge in [-0.05, 0) is 23.6 Å². The van der Waals surface area contributed by atoms with E-state index in [0.29, 0.717) is 11.8 Å². The van der Waals surface area contributed by atoms with Crippen LogP contribution in [-0.4, -0.2) is 33.7 Å². The van der Waals surface area contributed by atoms with E-state index in [4.69, 9.17) is 0 Å². The predicted molar refractivity (Wildman–Crippen MR) is 117 cm³/mol. The van der Waals surface area contributed by atoms with Crippen molar-refractivity contribution < 1.29 is 22.0 Å². The average Bonchev–Trinajstić information content (AvgIpc) is 2.78. The molecule has 6 rings (SSSR count). The van der Waals surface area contributed by atoms with Crippen LogP contribution in [0.1, 0.15) is 30.1 Å². The number of quaternary nitrogens is 1. The number of fused-ring (bicyclic) bond motifs is 4. The van der Waals surface area contributed by atoms with E-state index < -0.39 is 6.10 Å². The van der Waals surface area contributed by atoms with Gasteiger partial charge in [0.25, 0.3) is 0 Å². The zero-order valence-electron chi connectivity index (χ0n) is 17.2. The van der Waals surface area contributed by atoms with Crippen molar-refractivity contribution in [1.82, 2.24) is 4.98 Å². The third kappa shape index (κ3) is 3.56. The molecule has 1 N–H and O–H groups in total. The molecular weight excluding hydrogens is 392 g/mol. The second-order valence-electron chi connectivity index (χ2n) is 8.88. The molecule has 2 aromatic carbocycles. The molecule has 3 fully saturated rings. The number of para-hydroxylation sites is 1. The fourth-order valence-corrected chi connectivity index (χ4v) is 5.91. The van der Waals surface area contributed by atoms with Gasteiger partial charge in [0, 0.05) is 35.9 Å². The van der Waals surface area contributed by atoms with Gasteiger partial charge in [0.2, 0.25) is 0 Å². The third-order valence-electron chi connectivity index (χ3n) is 7.38. The highest BCUT2D eigenvalue weighted by atomic mass is 35.5. The lowest BCUT2D eigenvalue weighted by molar-refractivity contribution is -0.984. The number of pyridine rings is 1. The lowest BCUT2D eigenvalue weighted by Crippen LogP contribution is -3.00. The molecule has 3 aromatic rings. The monoisotopic (exact) mass is 420 g/mol. The normalized spacial score (nSPS) is 28.6. The summed E-state index contributed by atoms with van der Waals surface area (Å²) in [5.74, 6) is 1.18. The first-order valence-electron chi connectivity index (χ1n) is 10.7. The van der Waals surface area contributed by atoms with Crippen LogP contribution >= 0.6 is 0 Å². The molecule has 2 bridgehead atoms. The van der Waals surface area contributed by atoms with Crippen LogP contribution in [0.15, 0.2) is 79.5 Å². The van der Waals surface area contributed by atoms with Crippen molar-refractivity contribution in [3.63, 3.8) is 0 Å². The highest BCUT2D eigenvalue weighted by Crippen LogP contribution is 2.47. The highest BCUT2D eigenvalue weighted by molar-refractivity contribution is 5.82. The maximum atomic E-state index is 11.7. The Morgan fingerprint density at radius 2 is 1.87 bits per heavy atom. The molecule has 0 amide bonds. The van der Waals surface area contributed by atoms with E-state index in [9.17, 15) is 5.11 Å². The Balaban J connectivity index is 0.00000218. The first-order valence-corrected chi connectivity index (χ1v) is 10.7. The third-order valence-corrected chi connectivity index (χ3v) is 7.38. The Kier molecular flexibility index (Phi) is 5.97. The van der Waals surface area contributed by atoms with Crippen LogP contribution in [0.3, 0.4) is 0 Å². The number of aliphatic hydroxyl groups is 1. The zero-order chi connectivity index (χ0) is 19.8. The van der Waals surface area contributed by atoms with E-state index in [2.05, 4.69) is 54.0 Å². The summed E-state index contributed by atoms with van der Waals surface area (Å²) in [7, 11) is 0. The minimum absolute atomic E-state index is 0. The minimum atomic E-state index is -0.486. The number of aliphatic hydroxyl groups excluding tert-OH is 1. The van der Waals surface area contributed by atoms with Crippen LogP contribution in [0.4, 0.5) is 0 Å². The molecule has 4 heteroatoms. The molecular formula is C26H29ClN2O. The zero-order valence-corrected chi connectivity index (χ0v) is 18.0. The average molecular weight is 421 g/mol. The van der Waals surface area contributed by atoms with Crippen molar-refractivity contribution >= 4 is 10.9 Å². The fourth-order valence-electron chi connectivity index (χ4n) is 5.91. The quantitative estimate of drug-likeness (QED) is 0.505. The van der Waals surface area contributed by atoms with Crippen LogP contribution in [0.25, 0.3) is 10.9 Å². The van der Waals surface area contributed by atoms with Gasteiger partial charge in [-0.1, -0.05) is 54.6 Å².